The summed E-state index contributed by atoms with van der Waals surface area (Å²) >= 11 is 0. The molecule has 140 valence electrons. The molecule has 0 radical (unpaired) electrons. The number of benzene rings is 1. The van der Waals surface area contributed by atoms with E-state index in [1.807, 2.05) is 24.3 Å². The summed E-state index contributed by atoms with van der Waals surface area (Å²) in [7, 11) is 2.09. The summed E-state index contributed by atoms with van der Waals surface area (Å²) in [6.07, 6.45) is 4.81. The third-order valence-electron chi connectivity index (χ3n) is 5.09. The Morgan fingerprint density at radius 2 is 2.04 bits per heavy atom. The van der Waals surface area contributed by atoms with E-state index in [0.29, 0.717) is 24.4 Å². The Morgan fingerprint density at radius 3 is 2.65 bits per heavy atom. The van der Waals surface area contributed by atoms with Gasteiger partial charge in [-0.3, -0.25) is 0 Å². The van der Waals surface area contributed by atoms with Gasteiger partial charge in [-0.15, -0.1) is 0 Å². The molecule has 3 rings (SSSR count). The zero-order valence-electron chi connectivity index (χ0n) is 15.7. The third kappa shape index (κ3) is 3.90. The molecule has 6 nitrogen and oxygen atoms in total. The van der Waals surface area contributed by atoms with Crippen molar-refractivity contribution in [1.82, 2.24) is 14.7 Å². The molecule has 1 N–H and O–H groups in total. The standard InChI is InChI=1S/C20H27N3O3/c1-14(2)15-7-9-16(10-8-15)23-19(18(12-21-23)20(24)25)26-13-17-6-4-5-11-22(17)3/h7-10,12,14,17H,4-6,11,13H2,1-3H3,(H,24,25). The quantitative estimate of drug-likeness (QED) is 0.856. The second-order valence-electron chi connectivity index (χ2n) is 7.27. The molecule has 0 saturated carbocycles. The van der Waals surface area contributed by atoms with Crippen LogP contribution in [0.2, 0.25) is 0 Å². The third-order valence-corrected chi connectivity index (χ3v) is 5.09. The van der Waals surface area contributed by atoms with Crippen LogP contribution in [0.3, 0.4) is 0 Å². The van der Waals surface area contributed by atoms with E-state index < -0.39 is 5.97 Å². The second-order valence-corrected chi connectivity index (χ2v) is 7.27. The molecule has 0 spiro atoms. The summed E-state index contributed by atoms with van der Waals surface area (Å²) in [5.74, 6) is -0.287. The van der Waals surface area contributed by atoms with Gasteiger partial charge in [0.25, 0.3) is 0 Å². The lowest BCUT2D eigenvalue weighted by Gasteiger charge is -2.32. The van der Waals surface area contributed by atoms with Crippen molar-refractivity contribution in [3.05, 3.63) is 41.6 Å². The van der Waals surface area contributed by atoms with E-state index >= 15 is 0 Å². The van der Waals surface area contributed by atoms with Gasteiger partial charge in [0.2, 0.25) is 5.88 Å². The van der Waals surface area contributed by atoms with Gasteiger partial charge in [0.1, 0.15) is 12.2 Å². The largest absolute Gasteiger partial charge is 0.477 e. The molecule has 6 heteroatoms. The molecule has 1 atom stereocenters. The molecule has 1 aromatic carbocycles. The monoisotopic (exact) mass is 357 g/mol. The van der Waals surface area contributed by atoms with E-state index in [2.05, 4.69) is 30.9 Å². The van der Waals surface area contributed by atoms with Gasteiger partial charge in [-0.1, -0.05) is 32.4 Å². The molecular weight excluding hydrogens is 330 g/mol. The summed E-state index contributed by atoms with van der Waals surface area (Å²) < 4.78 is 7.57. The Kier molecular flexibility index (Phi) is 5.61. The number of carboxylic acids is 1. The normalized spacial score (nSPS) is 18.2. The number of ether oxygens (including phenoxy) is 1. The average Bonchev–Trinajstić information content (AvgIpc) is 3.05. The lowest BCUT2D eigenvalue weighted by atomic mass is 10.0. The van der Waals surface area contributed by atoms with Crippen LogP contribution >= 0.6 is 0 Å². The maximum atomic E-state index is 11.6. The SMILES string of the molecule is CC(C)c1ccc(-n2ncc(C(=O)O)c2OCC2CCCCN2C)cc1. The van der Waals surface area contributed by atoms with E-state index in [9.17, 15) is 9.90 Å². The zero-order valence-corrected chi connectivity index (χ0v) is 15.7. The molecule has 1 saturated heterocycles. The number of aromatic nitrogens is 2. The van der Waals surface area contributed by atoms with Crippen LogP contribution in [-0.4, -0.2) is 52.0 Å². The highest BCUT2D eigenvalue weighted by Crippen LogP contribution is 2.26. The number of likely N-dealkylation sites (tertiary alicyclic amines) is 1. The van der Waals surface area contributed by atoms with Crippen molar-refractivity contribution in [2.45, 2.75) is 45.1 Å². The van der Waals surface area contributed by atoms with Crippen molar-refractivity contribution in [1.29, 1.82) is 0 Å². The van der Waals surface area contributed by atoms with Gasteiger partial charge < -0.3 is 14.7 Å². The fraction of sp³-hybridized carbons (Fsp3) is 0.500. The summed E-state index contributed by atoms with van der Waals surface area (Å²) in [4.78, 5) is 13.9. The topological polar surface area (TPSA) is 67.6 Å². The smallest absolute Gasteiger partial charge is 0.342 e. The Hall–Kier alpha value is -2.34. The number of aromatic carboxylic acids is 1. The number of carbonyl (C=O) groups is 1. The van der Waals surface area contributed by atoms with Crippen molar-refractivity contribution in [3.8, 4) is 11.6 Å². The summed E-state index contributed by atoms with van der Waals surface area (Å²) in [6, 6.07) is 8.29. The predicted molar refractivity (Wildman–Crippen MR) is 100 cm³/mol. The van der Waals surface area contributed by atoms with Crippen molar-refractivity contribution >= 4 is 5.97 Å². The van der Waals surface area contributed by atoms with E-state index in [-0.39, 0.29) is 5.56 Å². The minimum Gasteiger partial charge on any atom is -0.477 e. The van der Waals surface area contributed by atoms with Gasteiger partial charge in [-0.2, -0.15) is 5.10 Å². The maximum absolute atomic E-state index is 11.6. The molecule has 26 heavy (non-hydrogen) atoms. The van der Waals surface area contributed by atoms with Gasteiger partial charge in [0, 0.05) is 6.04 Å². The molecule has 1 aliphatic heterocycles. The van der Waals surface area contributed by atoms with E-state index in [1.165, 1.54) is 24.6 Å². The fourth-order valence-corrected chi connectivity index (χ4v) is 3.34. The number of carboxylic acid groups (broad SMARTS) is 1. The number of rotatable bonds is 6. The fourth-order valence-electron chi connectivity index (χ4n) is 3.34. The molecular formula is C20H27N3O3. The maximum Gasteiger partial charge on any atom is 0.342 e. The minimum absolute atomic E-state index is 0.0939. The van der Waals surface area contributed by atoms with Crippen LogP contribution < -0.4 is 4.74 Å². The highest BCUT2D eigenvalue weighted by molar-refractivity contribution is 5.90. The Labute approximate surface area is 154 Å². The van der Waals surface area contributed by atoms with Crippen LogP contribution in [0.5, 0.6) is 5.88 Å². The Morgan fingerprint density at radius 1 is 1.31 bits per heavy atom. The first kappa shape index (κ1) is 18.5. The molecule has 1 unspecified atom stereocenters. The van der Waals surface area contributed by atoms with Gasteiger partial charge in [0.15, 0.2) is 0 Å². The summed E-state index contributed by atoms with van der Waals surface area (Å²) in [5.41, 5.74) is 2.12. The molecule has 0 bridgehead atoms. The number of likely N-dealkylation sites (N-methyl/N-ethyl adjacent to an activating group) is 1. The highest BCUT2D eigenvalue weighted by atomic mass is 16.5. The lowest BCUT2D eigenvalue weighted by Crippen LogP contribution is -2.40. The van der Waals surface area contributed by atoms with Crippen molar-refractivity contribution in [2.24, 2.45) is 0 Å². The van der Waals surface area contributed by atoms with E-state index in [0.717, 1.165) is 18.7 Å². The highest BCUT2D eigenvalue weighted by Gasteiger charge is 2.24. The Bertz CT molecular complexity index is 752. The molecule has 1 aliphatic rings. The van der Waals surface area contributed by atoms with E-state index in [1.54, 1.807) is 4.68 Å². The van der Waals surface area contributed by atoms with Gasteiger partial charge in [-0.25, -0.2) is 9.48 Å². The summed E-state index contributed by atoms with van der Waals surface area (Å²) in [6.45, 7) is 5.80. The second kappa shape index (κ2) is 7.91. The predicted octanol–water partition coefficient (Wildman–Crippen LogP) is 3.56. The average molecular weight is 357 g/mol. The zero-order chi connectivity index (χ0) is 18.7. The molecule has 0 aliphatic carbocycles. The van der Waals surface area contributed by atoms with E-state index in [4.69, 9.17) is 4.74 Å². The van der Waals surface area contributed by atoms with Gasteiger partial charge in [-0.05, 0) is 50.0 Å². The lowest BCUT2D eigenvalue weighted by molar-refractivity contribution is 0.0687. The van der Waals surface area contributed by atoms with Gasteiger partial charge in [0.05, 0.1) is 11.9 Å². The number of nitrogens with zero attached hydrogens (tertiary/aromatic N) is 3. The van der Waals surface area contributed by atoms with Crippen molar-refractivity contribution in [2.75, 3.05) is 20.2 Å². The number of hydrogen-bond donors (Lipinski definition) is 1. The summed E-state index contributed by atoms with van der Waals surface area (Å²) in [5, 5.41) is 13.8. The first-order valence-corrected chi connectivity index (χ1v) is 9.22. The van der Waals surface area contributed by atoms with Crippen molar-refractivity contribution < 1.29 is 14.6 Å². The Balaban J connectivity index is 1.85. The first-order chi connectivity index (χ1) is 12.5. The van der Waals surface area contributed by atoms with Crippen LogP contribution in [0.15, 0.2) is 30.5 Å². The number of hydrogen-bond acceptors (Lipinski definition) is 4. The molecule has 0 amide bonds. The van der Waals surface area contributed by atoms with Crippen LogP contribution in [0.1, 0.15) is 54.9 Å². The van der Waals surface area contributed by atoms with Crippen LogP contribution in [0.4, 0.5) is 0 Å². The number of piperidine rings is 1. The van der Waals surface area contributed by atoms with Crippen LogP contribution in [-0.2, 0) is 0 Å². The van der Waals surface area contributed by atoms with Gasteiger partial charge >= 0.3 is 5.97 Å². The molecule has 2 heterocycles. The molecule has 1 aromatic heterocycles. The minimum atomic E-state index is -1.03. The van der Waals surface area contributed by atoms with Crippen LogP contribution in [0.25, 0.3) is 5.69 Å². The molecule has 2 aromatic rings. The van der Waals surface area contributed by atoms with Crippen LogP contribution in [0, 0.1) is 0 Å². The first-order valence-electron chi connectivity index (χ1n) is 9.22. The molecule has 1 fully saturated rings. The van der Waals surface area contributed by atoms with Crippen molar-refractivity contribution in [3.63, 3.8) is 0 Å².